The first-order valence-corrected chi connectivity index (χ1v) is 8.62. The molecule has 2 rings (SSSR count). The van der Waals surface area contributed by atoms with Crippen LogP contribution in [0.3, 0.4) is 0 Å². The van der Waals surface area contributed by atoms with Crippen LogP contribution in [-0.4, -0.2) is 38.8 Å². The van der Waals surface area contributed by atoms with Crippen LogP contribution in [0.25, 0.3) is 0 Å². The smallest absolute Gasteiger partial charge is 0.193 e. The molecule has 0 spiro atoms. The third kappa shape index (κ3) is 4.56. The van der Waals surface area contributed by atoms with Gasteiger partial charge in [0.15, 0.2) is 17.3 Å². The van der Waals surface area contributed by atoms with E-state index in [1.807, 2.05) is 0 Å². The van der Waals surface area contributed by atoms with Gasteiger partial charge in [-0.15, -0.1) is 0 Å². The minimum absolute atomic E-state index is 0.239. The maximum absolute atomic E-state index is 12.8. The zero-order valence-corrected chi connectivity index (χ0v) is 16.2. The largest absolute Gasteiger partial charge is 0.382 e. The molecule has 0 aromatic heterocycles. The number of rotatable bonds is 6. The fourth-order valence-electron chi connectivity index (χ4n) is 2.69. The lowest BCUT2D eigenvalue weighted by Crippen LogP contribution is -2.31. The quantitative estimate of drug-likeness (QED) is 0.765. The number of benzene rings is 2. The van der Waals surface area contributed by atoms with Crippen LogP contribution in [0.4, 0.5) is 0 Å². The third-order valence-corrected chi connectivity index (χ3v) is 4.25. The molecule has 0 saturated heterocycles. The first-order valence-electron chi connectivity index (χ1n) is 8.62. The molecule has 0 aliphatic rings. The van der Waals surface area contributed by atoms with Crippen LogP contribution in [-0.2, 0) is 0 Å². The average molecular weight is 368 g/mol. The average Bonchev–Trinajstić information content (AvgIpc) is 2.58. The minimum atomic E-state index is -1.49. The third-order valence-electron chi connectivity index (χ3n) is 4.25. The van der Waals surface area contributed by atoms with E-state index in [1.54, 1.807) is 19.1 Å². The predicted octanol–water partition coefficient (Wildman–Crippen LogP) is 3.13. The van der Waals surface area contributed by atoms with Crippen LogP contribution < -0.4 is 0 Å². The van der Waals surface area contributed by atoms with Crippen molar-refractivity contribution in [2.75, 3.05) is 0 Å². The Labute approximate surface area is 158 Å². The molecule has 0 amide bonds. The van der Waals surface area contributed by atoms with Gasteiger partial charge in [0.05, 0.1) is 0 Å². The SMILES string of the molecule is Cc1cc(C(=O)C(C)(C)O)ccc1C(=O)c1ccc(C(=O)C(C)(C)O)cc1. The van der Waals surface area contributed by atoms with E-state index in [9.17, 15) is 24.6 Å². The molecule has 0 aliphatic heterocycles. The zero-order valence-electron chi connectivity index (χ0n) is 16.2. The zero-order chi connectivity index (χ0) is 20.6. The van der Waals surface area contributed by atoms with Crippen LogP contribution in [0.1, 0.15) is 69.9 Å². The van der Waals surface area contributed by atoms with E-state index in [4.69, 9.17) is 0 Å². The summed E-state index contributed by atoms with van der Waals surface area (Å²) in [7, 11) is 0. The molecule has 0 bridgehead atoms. The highest BCUT2D eigenvalue weighted by Crippen LogP contribution is 2.20. The second kappa shape index (κ2) is 7.18. The molecule has 0 fully saturated rings. The molecule has 5 heteroatoms. The summed E-state index contributed by atoms with van der Waals surface area (Å²) in [6.07, 6.45) is 0. The lowest BCUT2D eigenvalue weighted by molar-refractivity contribution is 0.0487. The number of aliphatic hydroxyl groups is 2. The summed E-state index contributed by atoms with van der Waals surface area (Å²) < 4.78 is 0. The summed E-state index contributed by atoms with van der Waals surface area (Å²) in [6.45, 7) is 7.38. The lowest BCUT2D eigenvalue weighted by Gasteiger charge is -2.17. The molecule has 2 aromatic carbocycles. The summed E-state index contributed by atoms with van der Waals surface area (Å²) >= 11 is 0. The van der Waals surface area contributed by atoms with E-state index in [1.165, 1.54) is 58.0 Å². The number of Topliss-reactive ketones (excluding diaryl/α,β-unsaturated/α-hetero) is 2. The molecule has 0 radical (unpaired) electrons. The number of carbonyl (C=O) groups excluding carboxylic acids is 3. The molecule has 0 heterocycles. The van der Waals surface area contributed by atoms with Crippen LogP contribution in [0.15, 0.2) is 42.5 Å². The molecular formula is C22H24O5. The van der Waals surface area contributed by atoms with Gasteiger partial charge in [-0.2, -0.15) is 0 Å². The Balaban J connectivity index is 2.31. The van der Waals surface area contributed by atoms with E-state index in [2.05, 4.69) is 0 Å². The lowest BCUT2D eigenvalue weighted by atomic mass is 9.91. The van der Waals surface area contributed by atoms with Gasteiger partial charge < -0.3 is 10.2 Å². The van der Waals surface area contributed by atoms with Gasteiger partial charge in [-0.1, -0.05) is 36.4 Å². The predicted molar refractivity (Wildman–Crippen MR) is 102 cm³/mol. The van der Waals surface area contributed by atoms with Gasteiger partial charge >= 0.3 is 0 Å². The Hall–Kier alpha value is -2.63. The Kier molecular flexibility index (Phi) is 5.50. The van der Waals surface area contributed by atoms with Crippen LogP contribution in [0.5, 0.6) is 0 Å². The fraction of sp³-hybridized carbons (Fsp3) is 0.318. The highest BCUT2D eigenvalue weighted by Gasteiger charge is 2.27. The first kappa shape index (κ1) is 20.7. The van der Waals surface area contributed by atoms with Crippen LogP contribution in [0, 0.1) is 6.92 Å². The van der Waals surface area contributed by atoms with Crippen molar-refractivity contribution in [1.82, 2.24) is 0 Å². The Morgan fingerprint density at radius 3 is 1.56 bits per heavy atom. The van der Waals surface area contributed by atoms with Crippen molar-refractivity contribution < 1.29 is 24.6 Å². The topological polar surface area (TPSA) is 91.7 Å². The van der Waals surface area contributed by atoms with Gasteiger partial charge in [0.1, 0.15) is 11.2 Å². The van der Waals surface area contributed by atoms with Crippen molar-refractivity contribution >= 4 is 17.3 Å². The van der Waals surface area contributed by atoms with Crippen molar-refractivity contribution in [3.63, 3.8) is 0 Å². The molecular weight excluding hydrogens is 344 g/mol. The molecule has 0 atom stereocenters. The van der Waals surface area contributed by atoms with E-state index in [0.717, 1.165) is 0 Å². The minimum Gasteiger partial charge on any atom is -0.382 e. The summed E-state index contributed by atoms with van der Waals surface area (Å²) in [6, 6.07) is 10.8. The summed E-state index contributed by atoms with van der Waals surface area (Å²) in [5.41, 5.74) is -0.863. The normalized spacial score (nSPS) is 12.0. The number of carbonyl (C=O) groups is 3. The molecule has 2 aromatic rings. The summed E-state index contributed by atoms with van der Waals surface area (Å²) in [5, 5.41) is 19.7. The highest BCUT2D eigenvalue weighted by atomic mass is 16.3. The molecule has 0 aliphatic carbocycles. The van der Waals surface area contributed by atoms with E-state index in [-0.39, 0.29) is 5.78 Å². The second-order valence-corrected chi connectivity index (χ2v) is 7.71. The maximum Gasteiger partial charge on any atom is 0.193 e. The fourth-order valence-corrected chi connectivity index (χ4v) is 2.69. The van der Waals surface area contributed by atoms with Gasteiger partial charge in [0.2, 0.25) is 0 Å². The molecule has 2 N–H and O–H groups in total. The molecule has 5 nitrogen and oxygen atoms in total. The molecule has 0 unspecified atom stereocenters. The van der Waals surface area contributed by atoms with Gasteiger partial charge in [0, 0.05) is 22.3 Å². The first-order chi connectivity index (χ1) is 12.3. The standard InChI is InChI=1S/C22H24O5/c1-13-12-16(20(25)22(4,5)27)10-11-17(13)18(23)14-6-8-15(9-7-14)19(24)21(2,3)26/h6-12,26-27H,1-5H3. The van der Waals surface area contributed by atoms with Crippen molar-refractivity contribution in [3.05, 3.63) is 70.3 Å². The van der Waals surface area contributed by atoms with Crippen LogP contribution in [0.2, 0.25) is 0 Å². The Bertz CT molecular complexity index is 894. The number of hydrogen-bond donors (Lipinski definition) is 2. The second-order valence-electron chi connectivity index (χ2n) is 7.71. The Morgan fingerprint density at radius 2 is 1.11 bits per heavy atom. The van der Waals surface area contributed by atoms with Crippen molar-refractivity contribution in [3.8, 4) is 0 Å². The number of ketones is 3. The van der Waals surface area contributed by atoms with Crippen molar-refractivity contribution in [1.29, 1.82) is 0 Å². The van der Waals surface area contributed by atoms with E-state index < -0.39 is 22.8 Å². The monoisotopic (exact) mass is 368 g/mol. The molecule has 27 heavy (non-hydrogen) atoms. The van der Waals surface area contributed by atoms with Crippen molar-refractivity contribution in [2.45, 2.75) is 45.8 Å². The summed E-state index contributed by atoms with van der Waals surface area (Å²) in [5.74, 6) is -1.08. The Morgan fingerprint density at radius 1 is 0.704 bits per heavy atom. The van der Waals surface area contributed by atoms with Gasteiger partial charge in [-0.25, -0.2) is 0 Å². The number of hydrogen-bond acceptors (Lipinski definition) is 5. The van der Waals surface area contributed by atoms with Crippen LogP contribution >= 0.6 is 0 Å². The summed E-state index contributed by atoms with van der Waals surface area (Å²) in [4.78, 5) is 37.0. The van der Waals surface area contributed by atoms with E-state index >= 15 is 0 Å². The van der Waals surface area contributed by atoms with Gasteiger partial charge in [-0.3, -0.25) is 14.4 Å². The molecule has 142 valence electrons. The van der Waals surface area contributed by atoms with E-state index in [0.29, 0.717) is 27.8 Å². The van der Waals surface area contributed by atoms with Crippen molar-refractivity contribution in [2.24, 2.45) is 0 Å². The number of aryl methyl sites for hydroxylation is 1. The highest BCUT2D eigenvalue weighted by molar-refractivity contribution is 6.11. The van der Waals surface area contributed by atoms with Gasteiger partial charge in [-0.05, 0) is 46.2 Å². The maximum atomic E-state index is 12.8. The molecule has 0 saturated carbocycles. The van der Waals surface area contributed by atoms with Gasteiger partial charge in [0.25, 0.3) is 0 Å².